The number of methoxy groups -OCH3 is 1. The van der Waals surface area contributed by atoms with Crippen LogP contribution in [0.1, 0.15) is 57.6 Å². The molecule has 0 unspecified atom stereocenters. The van der Waals surface area contributed by atoms with Crippen LogP contribution >= 0.6 is 0 Å². The lowest BCUT2D eigenvalue weighted by Gasteiger charge is -2.38. The van der Waals surface area contributed by atoms with Crippen molar-refractivity contribution in [2.75, 3.05) is 13.7 Å². The summed E-state index contributed by atoms with van der Waals surface area (Å²) in [5, 5.41) is 0. The molecule has 6 nitrogen and oxygen atoms in total. The minimum Gasteiger partial charge on any atom is -0.466 e. The fraction of sp³-hybridized carbons (Fsp3) is 0.619. The highest BCUT2D eigenvalue weighted by Crippen LogP contribution is 2.38. The number of ether oxygens (including phenoxy) is 3. The number of fused-ring (bicyclic) bond motifs is 1. The summed E-state index contributed by atoms with van der Waals surface area (Å²) in [6, 6.07) is 8.02. The number of carbonyl (C=O) groups excluding carboxylic acids is 2. The highest BCUT2D eigenvalue weighted by molar-refractivity contribution is 5.80. The summed E-state index contributed by atoms with van der Waals surface area (Å²) in [7, 11) is 1.32. The topological polar surface area (TPSA) is 65.1 Å². The Morgan fingerprint density at radius 1 is 1.22 bits per heavy atom. The second kappa shape index (κ2) is 7.15. The third kappa shape index (κ3) is 3.68. The van der Waals surface area contributed by atoms with Crippen LogP contribution in [0.5, 0.6) is 0 Å². The number of esters is 1. The van der Waals surface area contributed by atoms with E-state index in [0.717, 1.165) is 24.8 Å². The van der Waals surface area contributed by atoms with Crippen molar-refractivity contribution in [2.45, 2.75) is 70.2 Å². The predicted octanol–water partition coefficient (Wildman–Crippen LogP) is 3.63. The van der Waals surface area contributed by atoms with Gasteiger partial charge in [0.15, 0.2) is 0 Å². The molecule has 1 heterocycles. The molecular formula is C21H29NO5. The van der Waals surface area contributed by atoms with Crippen molar-refractivity contribution in [2.24, 2.45) is 0 Å². The fourth-order valence-corrected chi connectivity index (χ4v) is 4.36. The van der Waals surface area contributed by atoms with Crippen LogP contribution in [0.3, 0.4) is 0 Å². The van der Waals surface area contributed by atoms with E-state index >= 15 is 0 Å². The fourth-order valence-electron chi connectivity index (χ4n) is 4.36. The maximum Gasteiger partial charge on any atom is 0.413 e. The number of amides is 1. The summed E-state index contributed by atoms with van der Waals surface area (Å²) in [5.74, 6) is -0.734. The van der Waals surface area contributed by atoms with Crippen LogP contribution in [0, 0.1) is 0 Å². The summed E-state index contributed by atoms with van der Waals surface area (Å²) < 4.78 is 16.5. The molecule has 27 heavy (non-hydrogen) atoms. The first-order valence-corrected chi connectivity index (χ1v) is 9.48. The first kappa shape index (κ1) is 19.7. The van der Waals surface area contributed by atoms with E-state index in [1.54, 1.807) is 4.90 Å². The molecule has 2 aliphatic rings. The molecule has 2 atom stereocenters. The first-order chi connectivity index (χ1) is 12.7. The number of rotatable bonds is 3. The molecular weight excluding hydrogens is 346 g/mol. The van der Waals surface area contributed by atoms with Crippen molar-refractivity contribution in [3.63, 3.8) is 0 Å². The van der Waals surface area contributed by atoms with Gasteiger partial charge in [-0.25, -0.2) is 9.59 Å². The van der Waals surface area contributed by atoms with Crippen molar-refractivity contribution in [1.29, 1.82) is 0 Å². The Kier molecular flexibility index (Phi) is 5.21. The molecule has 1 saturated heterocycles. The summed E-state index contributed by atoms with van der Waals surface area (Å²) in [4.78, 5) is 27.2. The zero-order valence-electron chi connectivity index (χ0n) is 16.8. The zero-order chi connectivity index (χ0) is 19.8. The van der Waals surface area contributed by atoms with Crippen molar-refractivity contribution in [3.05, 3.63) is 35.4 Å². The van der Waals surface area contributed by atoms with Gasteiger partial charge in [0.05, 0.1) is 19.3 Å². The predicted molar refractivity (Wildman–Crippen MR) is 100 cm³/mol. The second-order valence-corrected chi connectivity index (χ2v) is 8.41. The van der Waals surface area contributed by atoms with E-state index in [1.165, 1.54) is 12.7 Å². The number of aryl methyl sites for hydroxylation is 1. The Balaban J connectivity index is 1.89. The average Bonchev–Trinajstić information content (AvgIpc) is 2.86. The normalized spacial score (nSPS) is 24.0. The van der Waals surface area contributed by atoms with Gasteiger partial charge in [-0.05, 0) is 58.1 Å². The molecule has 0 N–H and O–H groups in total. The third-order valence-corrected chi connectivity index (χ3v) is 5.55. The van der Waals surface area contributed by atoms with E-state index in [9.17, 15) is 9.59 Å². The smallest absolute Gasteiger partial charge is 0.413 e. The first-order valence-electron chi connectivity index (χ1n) is 9.48. The molecule has 1 aliphatic heterocycles. The molecule has 1 amide bonds. The van der Waals surface area contributed by atoms with Crippen LogP contribution in [-0.4, -0.2) is 48.0 Å². The van der Waals surface area contributed by atoms with Gasteiger partial charge in [0.1, 0.15) is 5.72 Å². The maximum atomic E-state index is 13.1. The zero-order valence-corrected chi connectivity index (χ0v) is 16.8. The third-order valence-electron chi connectivity index (χ3n) is 5.55. The van der Waals surface area contributed by atoms with Gasteiger partial charge in [0, 0.05) is 5.92 Å². The summed E-state index contributed by atoms with van der Waals surface area (Å²) in [6.07, 6.45) is 1.15. The van der Waals surface area contributed by atoms with Gasteiger partial charge in [-0.3, -0.25) is 4.90 Å². The highest BCUT2D eigenvalue weighted by Gasteiger charge is 2.51. The van der Waals surface area contributed by atoms with Crippen LogP contribution in [0.25, 0.3) is 0 Å². The molecule has 1 aromatic rings. The Morgan fingerprint density at radius 2 is 1.93 bits per heavy atom. The lowest BCUT2D eigenvalue weighted by Crippen LogP contribution is -2.54. The molecule has 148 valence electrons. The van der Waals surface area contributed by atoms with Gasteiger partial charge in [0.25, 0.3) is 0 Å². The van der Waals surface area contributed by atoms with Crippen LogP contribution in [-0.2, 0) is 25.4 Å². The number of nitrogens with zero attached hydrogens (tertiary/aromatic N) is 1. The monoisotopic (exact) mass is 375 g/mol. The van der Waals surface area contributed by atoms with E-state index in [4.69, 9.17) is 14.2 Å². The van der Waals surface area contributed by atoms with Gasteiger partial charge in [-0.1, -0.05) is 24.3 Å². The molecule has 1 aliphatic carbocycles. The number of hydrogen-bond acceptors (Lipinski definition) is 5. The molecule has 0 saturated carbocycles. The van der Waals surface area contributed by atoms with Gasteiger partial charge in [-0.15, -0.1) is 0 Å². The average molecular weight is 375 g/mol. The van der Waals surface area contributed by atoms with Crippen molar-refractivity contribution in [3.8, 4) is 0 Å². The van der Waals surface area contributed by atoms with Gasteiger partial charge in [-0.2, -0.15) is 0 Å². The van der Waals surface area contributed by atoms with Crippen LogP contribution in [0.4, 0.5) is 4.79 Å². The summed E-state index contributed by atoms with van der Waals surface area (Å²) >= 11 is 0. The molecule has 6 heteroatoms. The molecule has 0 bridgehead atoms. The maximum absolute atomic E-state index is 13.1. The largest absolute Gasteiger partial charge is 0.466 e. The van der Waals surface area contributed by atoms with E-state index < -0.39 is 29.4 Å². The highest BCUT2D eigenvalue weighted by atomic mass is 16.6. The van der Waals surface area contributed by atoms with E-state index in [-0.39, 0.29) is 5.92 Å². The molecule has 1 fully saturated rings. The van der Waals surface area contributed by atoms with Gasteiger partial charge in [0.2, 0.25) is 6.10 Å². The number of hydrogen-bond donors (Lipinski definition) is 0. The lowest BCUT2D eigenvalue weighted by molar-refractivity contribution is -0.154. The summed E-state index contributed by atoms with van der Waals surface area (Å²) in [6.45, 7) is 7.90. The molecule has 0 radical (unpaired) electrons. The number of carbonyl (C=O) groups is 2. The molecule has 1 aromatic carbocycles. The van der Waals surface area contributed by atoms with Crippen LogP contribution in [0.15, 0.2) is 24.3 Å². The van der Waals surface area contributed by atoms with Crippen molar-refractivity contribution >= 4 is 12.1 Å². The second-order valence-electron chi connectivity index (χ2n) is 8.41. The van der Waals surface area contributed by atoms with Crippen LogP contribution < -0.4 is 0 Å². The molecule has 3 rings (SSSR count). The summed E-state index contributed by atoms with van der Waals surface area (Å²) in [5.41, 5.74) is 0.935. The molecule has 0 spiro atoms. The van der Waals surface area contributed by atoms with Crippen LogP contribution in [0.2, 0.25) is 0 Å². The Labute approximate surface area is 160 Å². The lowest BCUT2D eigenvalue weighted by atomic mass is 9.79. The van der Waals surface area contributed by atoms with E-state index in [1.807, 2.05) is 45.9 Å². The Hall–Kier alpha value is -2.08. The minimum atomic E-state index is -0.976. The van der Waals surface area contributed by atoms with Gasteiger partial charge < -0.3 is 14.2 Å². The van der Waals surface area contributed by atoms with Crippen molar-refractivity contribution in [1.82, 2.24) is 4.90 Å². The van der Waals surface area contributed by atoms with Crippen molar-refractivity contribution < 1.29 is 23.8 Å². The Morgan fingerprint density at radius 3 is 2.56 bits per heavy atom. The minimum absolute atomic E-state index is 0.207. The SMILES string of the molecule is COC(=O)[C@H](OC(=O)N1C(C)(C)COC1(C)C)[C@@H]1CCCc2ccccc21. The number of benzene rings is 1. The molecule has 0 aromatic heterocycles. The standard InChI is InChI=1S/C21H29NO5/c1-20(2)13-26-21(3,4)22(20)19(24)27-17(18(23)25-5)16-12-8-10-14-9-6-7-11-15(14)16/h6-7,9,11,16-17H,8,10,12-13H2,1-5H3/t16-,17-/m1/s1. The Bertz CT molecular complexity index is 711. The van der Waals surface area contributed by atoms with Gasteiger partial charge >= 0.3 is 12.1 Å². The van der Waals surface area contributed by atoms with E-state index in [2.05, 4.69) is 6.07 Å². The van der Waals surface area contributed by atoms with E-state index in [0.29, 0.717) is 6.61 Å². The quantitative estimate of drug-likeness (QED) is 0.755.